The molecule has 15 heavy (non-hydrogen) atoms. The molecule has 1 aromatic rings. The van der Waals surface area contributed by atoms with Crippen LogP contribution in [-0.2, 0) is 0 Å². The van der Waals surface area contributed by atoms with E-state index in [4.69, 9.17) is 10.5 Å². The number of hydrogen-bond acceptors (Lipinski definition) is 2. The summed E-state index contributed by atoms with van der Waals surface area (Å²) in [6.45, 7) is -0.399. The lowest BCUT2D eigenvalue weighted by Crippen LogP contribution is -2.31. The van der Waals surface area contributed by atoms with Crippen molar-refractivity contribution >= 4 is 0 Å². The minimum absolute atomic E-state index is 0.187. The molecule has 3 heteroatoms. The van der Waals surface area contributed by atoms with Crippen LogP contribution in [-0.4, -0.2) is 19.3 Å². The zero-order valence-electron chi connectivity index (χ0n) is 8.87. The lowest BCUT2D eigenvalue weighted by molar-refractivity contribution is 0.373. The molecule has 2 rings (SSSR count). The molecule has 0 aromatic heterocycles. The van der Waals surface area contributed by atoms with Crippen molar-refractivity contribution in [2.24, 2.45) is 5.73 Å². The van der Waals surface area contributed by atoms with Crippen molar-refractivity contribution in [3.8, 4) is 5.75 Å². The Morgan fingerprint density at radius 3 is 2.80 bits per heavy atom. The molecule has 0 heterocycles. The maximum absolute atomic E-state index is 13.0. The average molecular weight is 209 g/mol. The second-order valence-corrected chi connectivity index (χ2v) is 4.22. The van der Waals surface area contributed by atoms with E-state index in [1.165, 1.54) is 0 Å². The van der Waals surface area contributed by atoms with E-state index in [0.717, 1.165) is 24.2 Å². The van der Waals surface area contributed by atoms with Gasteiger partial charge in [0.2, 0.25) is 0 Å². The molecule has 1 atom stereocenters. The van der Waals surface area contributed by atoms with Crippen molar-refractivity contribution in [3.05, 3.63) is 29.8 Å². The molecule has 0 saturated heterocycles. The number of methoxy groups -OCH3 is 1. The van der Waals surface area contributed by atoms with Crippen LogP contribution in [0.2, 0.25) is 0 Å². The Morgan fingerprint density at radius 2 is 2.27 bits per heavy atom. The van der Waals surface area contributed by atoms with E-state index >= 15 is 0 Å². The van der Waals surface area contributed by atoms with Gasteiger partial charge in [0.15, 0.2) is 0 Å². The molecule has 2 N–H and O–H groups in total. The molecule has 1 unspecified atom stereocenters. The Kier molecular flexibility index (Phi) is 2.65. The summed E-state index contributed by atoms with van der Waals surface area (Å²) in [7, 11) is 1.61. The first-order chi connectivity index (χ1) is 7.19. The van der Waals surface area contributed by atoms with Crippen LogP contribution in [0.4, 0.5) is 4.39 Å². The molecule has 0 aliphatic heterocycles. The van der Waals surface area contributed by atoms with Gasteiger partial charge in [-0.2, -0.15) is 0 Å². The van der Waals surface area contributed by atoms with E-state index in [1.807, 2.05) is 24.3 Å². The van der Waals surface area contributed by atoms with Crippen molar-refractivity contribution in [3.63, 3.8) is 0 Å². The van der Waals surface area contributed by atoms with Crippen molar-refractivity contribution in [2.45, 2.75) is 24.3 Å². The first kappa shape index (κ1) is 10.4. The summed E-state index contributed by atoms with van der Waals surface area (Å²) in [5, 5.41) is 0. The zero-order chi connectivity index (χ0) is 10.9. The summed E-state index contributed by atoms with van der Waals surface area (Å²) < 4.78 is 18.1. The number of benzene rings is 1. The molecule has 1 fully saturated rings. The van der Waals surface area contributed by atoms with Gasteiger partial charge in [-0.05, 0) is 30.5 Å². The fourth-order valence-corrected chi connectivity index (χ4v) is 1.93. The second kappa shape index (κ2) is 3.81. The van der Waals surface area contributed by atoms with Gasteiger partial charge >= 0.3 is 0 Å². The Bertz CT molecular complexity index is 349. The molecule has 1 aliphatic carbocycles. The molecule has 2 nitrogen and oxygen atoms in total. The second-order valence-electron chi connectivity index (χ2n) is 4.22. The summed E-state index contributed by atoms with van der Waals surface area (Å²) in [6.07, 6.45) is 1.83. The highest BCUT2D eigenvalue weighted by atomic mass is 19.1. The van der Waals surface area contributed by atoms with Gasteiger partial charge in [-0.15, -0.1) is 0 Å². The summed E-state index contributed by atoms with van der Waals surface area (Å²) in [5.74, 6) is 0.572. The van der Waals surface area contributed by atoms with Gasteiger partial charge in [0.05, 0.1) is 13.8 Å². The highest BCUT2D eigenvalue weighted by Gasteiger charge is 2.46. The van der Waals surface area contributed by atoms with E-state index in [9.17, 15) is 4.39 Å². The number of ether oxygens (including phenoxy) is 1. The normalized spacial score (nSPS) is 19.7. The minimum Gasteiger partial charge on any atom is -0.497 e. The maximum atomic E-state index is 13.0. The molecule has 0 amide bonds. The largest absolute Gasteiger partial charge is 0.497 e. The smallest absolute Gasteiger partial charge is 0.119 e. The fraction of sp³-hybridized carbons (Fsp3) is 0.500. The van der Waals surface area contributed by atoms with E-state index in [2.05, 4.69) is 0 Å². The van der Waals surface area contributed by atoms with Gasteiger partial charge in [-0.1, -0.05) is 12.1 Å². The van der Waals surface area contributed by atoms with Crippen LogP contribution in [0.15, 0.2) is 24.3 Å². The van der Waals surface area contributed by atoms with Crippen LogP contribution in [0.5, 0.6) is 5.75 Å². The molecule has 1 aliphatic rings. The van der Waals surface area contributed by atoms with Crippen LogP contribution in [0.3, 0.4) is 0 Å². The predicted octanol–water partition coefficient (Wildman–Crippen LogP) is 2.24. The van der Waals surface area contributed by atoms with E-state index in [0.29, 0.717) is 0 Å². The van der Waals surface area contributed by atoms with Gasteiger partial charge in [-0.3, -0.25) is 4.39 Å². The highest BCUT2D eigenvalue weighted by molar-refractivity contribution is 5.34. The Hall–Kier alpha value is -1.09. The van der Waals surface area contributed by atoms with Crippen LogP contribution in [0, 0.1) is 0 Å². The highest BCUT2D eigenvalue weighted by Crippen LogP contribution is 2.45. The summed E-state index contributed by atoms with van der Waals surface area (Å²) in [4.78, 5) is 0. The van der Waals surface area contributed by atoms with Crippen LogP contribution < -0.4 is 10.5 Å². The Balaban J connectivity index is 2.26. The van der Waals surface area contributed by atoms with Crippen molar-refractivity contribution in [1.29, 1.82) is 0 Å². The van der Waals surface area contributed by atoms with Crippen molar-refractivity contribution < 1.29 is 9.13 Å². The number of nitrogens with two attached hydrogens (primary N) is 1. The Morgan fingerprint density at radius 1 is 1.53 bits per heavy atom. The van der Waals surface area contributed by atoms with Crippen molar-refractivity contribution in [2.75, 3.05) is 13.8 Å². The average Bonchev–Trinajstić information content (AvgIpc) is 2.98. The topological polar surface area (TPSA) is 35.2 Å². The number of halogens is 1. The number of alkyl halides is 1. The van der Waals surface area contributed by atoms with Gasteiger partial charge in [0.1, 0.15) is 5.75 Å². The SMILES string of the molecule is COc1cccc(C(CF)C2(N)CC2)c1. The van der Waals surface area contributed by atoms with Crippen LogP contribution >= 0.6 is 0 Å². The number of rotatable bonds is 4. The maximum Gasteiger partial charge on any atom is 0.119 e. The lowest BCUT2D eigenvalue weighted by Gasteiger charge is -2.21. The predicted molar refractivity (Wildman–Crippen MR) is 57.9 cm³/mol. The van der Waals surface area contributed by atoms with Gasteiger partial charge < -0.3 is 10.5 Å². The van der Waals surface area contributed by atoms with Gasteiger partial charge in [0, 0.05) is 11.5 Å². The third-order valence-corrected chi connectivity index (χ3v) is 3.17. The quantitative estimate of drug-likeness (QED) is 0.825. The molecular formula is C12H16FNO. The van der Waals surface area contributed by atoms with Gasteiger partial charge in [-0.25, -0.2) is 0 Å². The van der Waals surface area contributed by atoms with Gasteiger partial charge in [0.25, 0.3) is 0 Å². The third-order valence-electron chi connectivity index (χ3n) is 3.17. The zero-order valence-corrected chi connectivity index (χ0v) is 8.87. The van der Waals surface area contributed by atoms with E-state index < -0.39 is 6.67 Å². The van der Waals surface area contributed by atoms with E-state index in [-0.39, 0.29) is 11.5 Å². The minimum atomic E-state index is -0.399. The number of hydrogen-bond donors (Lipinski definition) is 1. The monoisotopic (exact) mass is 209 g/mol. The molecular weight excluding hydrogens is 193 g/mol. The van der Waals surface area contributed by atoms with Crippen LogP contribution in [0.25, 0.3) is 0 Å². The standard InChI is InChI=1S/C12H16FNO/c1-15-10-4-2-3-9(7-10)11(8-13)12(14)5-6-12/h2-4,7,11H,5-6,8,14H2,1H3. The first-order valence-electron chi connectivity index (χ1n) is 5.18. The Labute approximate surface area is 89.2 Å². The molecule has 0 bridgehead atoms. The van der Waals surface area contributed by atoms with Crippen molar-refractivity contribution in [1.82, 2.24) is 0 Å². The van der Waals surface area contributed by atoms with E-state index in [1.54, 1.807) is 7.11 Å². The summed E-state index contributed by atoms with van der Waals surface area (Å²) in [5.41, 5.74) is 6.67. The first-order valence-corrected chi connectivity index (χ1v) is 5.18. The lowest BCUT2D eigenvalue weighted by atomic mass is 9.91. The fourth-order valence-electron chi connectivity index (χ4n) is 1.93. The van der Waals surface area contributed by atoms with Crippen LogP contribution in [0.1, 0.15) is 24.3 Å². The summed E-state index contributed by atoms with van der Waals surface area (Å²) in [6, 6.07) is 7.52. The molecule has 0 radical (unpaired) electrons. The molecule has 1 aromatic carbocycles. The molecule has 0 spiro atoms. The summed E-state index contributed by atoms with van der Waals surface area (Å²) >= 11 is 0. The molecule has 82 valence electrons. The molecule has 1 saturated carbocycles. The third kappa shape index (κ3) is 1.97.